The lowest BCUT2D eigenvalue weighted by Gasteiger charge is -2.08. The molecule has 0 bridgehead atoms. The zero-order valence-electron chi connectivity index (χ0n) is 13.4. The minimum absolute atomic E-state index is 0.201. The first-order valence-corrected chi connectivity index (χ1v) is 7.62. The summed E-state index contributed by atoms with van der Waals surface area (Å²) in [6.45, 7) is 1.40. The van der Waals surface area contributed by atoms with E-state index in [9.17, 15) is 22.4 Å². The SMILES string of the molecule is Cc1cc(Cl)ccc1OCC(=O)N/N=C/c1ccc(C(F)(F)F)cc1F. The van der Waals surface area contributed by atoms with Crippen molar-refractivity contribution in [1.82, 2.24) is 5.43 Å². The summed E-state index contributed by atoms with van der Waals surface area (Å²) in [6, 6.07) is 6.87. The Morgan fingerprint density at radius 3 is 2.62 bits per heavy atom. The van der Waals surface area contributed by atoms with Gasteiger partial charge in [0.1, 0.15) is 11.6 Å². The average Bonchev–Trinajstić information content (AvgIpc) is 2.54. The quantitative estimate of drug-likeness (QED) is 0.471. The summed E-state index contributed by atoms with van der Waals surface area (Å²) in [5.74, 6) is -1.27. The van der Waals surface area contributed by atoms with Gasteiger partial charge in [-0.05, 0) is 48.9 Å². The van der Waals surface area contributed by atoms with Crippen LogP contribution in [-0.2, 0) is 11.0 Å². The van der Waals surface area contributed by atoms with Gasteiger partial charge in [0.15, 0.2) is 6.61 Å². The molecule has 0 saturated heterocycles. The van der Waals surface area contributed by atoms with Crippen LogP contribution in [0.15, 0.2) is 41.5 Å². The van der Waals surface area contributed by atoms with Crippen LogP contribution in [0, 0.1) is 12.7 Å². The third-order valence-electron chi connectivity index (χ3n) is 3.22. The summed E-state index contributed by atoms with van der Waals surface area (Å²) in [7, 11) is 0. The molecule has 0 spiro atoms. The molecule has 0 heterocycles. The van der Waals surface area contributed by atoms with Crippen LogP contribution in [0.3, 0.4) is 0 Å². The van der Waals surface area contributed by atoms with Crippen LogP contribution in [0.1, 0.15) is 16.7 Å². The topological polar surface area (TPSA) is 50.7 Å². The van der Waals surface area contributed by atoms with Crippen LogP contribution in [-0.4, -0.2) is 18.7 Å². The number of carbonyl (C=O) groups excluding carboxylic acids is 1. The van der Waals surface area contributed by atoms with Crippen molar-refractivity contribution in [2.45, 2.75) is 13.1 Å². The first-order chi connectivity index (χ1) is 12.2. The Hall–Kier alpha value is -2.61. The summed E-state index contributed by atoms with van der Waals surface area (Å²) in [5.41, 5.74) is 1.52. The van der Waals surface area contributed by atoms with E-state index < -0.39 is 23.5 Å². The van der Waals surface area contributed by atoms with Gasteiger partial charge in [0.25, 0.3) is 5.91 Å². The minimum Gasteiger partial charge on any atom is -0.483 e. The molecule has 0 saturated carbocycles. The molecule has 0 aliphatic carbocycles. The highest BCUT2D eigenvalue weighted by atomic mass is 35.5. The molecule has 2 rings (SSSR count). The van der Waals surface area contributed by atoms with Crippen molar-refractivity contribution in [1.29, 1.82) is 0 Å². The van der Waals surface area contributed by atoms with E-state index in [4.69, 9.17) is 16.3 Å². The largest absolute Gasteiger partial charge is 0.483 e. The van der Waals surface area contributed by atoms with Crippen molar-refractivity contribution in [3.8, 4) is 5.75 Å². The second-order valence-electron chi connectivity index (χ2n) is 5.23. The standard InChI is InChI=1S/C17H13ClF4N2O2/c1-10-6-13(18)4-5-15(10)26-9-16(25)24-23-8-11-2-3-12(7-14(11)19)17(20,21)22/h2-8H,9H2,1H3,(H,24,25)/b23-8+. The maximum Gasteiger partial charge on any atom is 0.416 e. The average molecular weight is 389 g/mol. The number of hydrogen-bond donors (Lipinski definition) is 1. The number of benzene rings is 2. The minimum atomic E-state index is -4.64. The molecule has 0 unspecified atom stereocenters. The number of nitrogens with zero attached hydrogens (tertiary/aromatic N) is 1. The van der Waals surface area contributed by atoms with Crippen molar-refractivity contribution in [2.75, 3.05) is 6.61 Å². The molecular weight excluding hydrogens is 376 g/mol. The van der Waals surface area contributed by atoms with E-state index in [-0.39, 0.29) is 12.2 Å². The number of rotatable bonds is 5. The summed E-state index contributed by atoms with van der Waals surface area (Å²) < 4.78 is 56.3. The third-order valence-corrected chi connectivity index (χ3v) is 3.45. The lowest BCUT2D eigenvalue weighted by molar-refractivity contribution is -0.137. The van der Waals surface area contributed by atoms with Crippen molar-refractivity contribution >= 4 is 23.7 Å². The van der Waals surface area contributed by atoms with Gasteiger partial charge in [0.2, 0.25) is 0 Å². The lowest BCUT2D eigenvalue weighted by Crippen LogP contribution is -2.24. The number of hydrazone groups is 1. The zero-order chi connectivity index (χ0) is 19.3. The van der Waals surface area contributed by atoms with E-state index in [0.717, 1.165) is 23.9 Å². The molecule has 1 amide bonds. The fourth-order valence-electron chi connectivity index (χ4n) is 1.93. The van der Waals surface area contributed by atoms with Gasteiger partial charge in [-0.1, -0.05) is 11.6 Å². The van der Waals surface area contributed by atoms with Gasteiger partial charge in [-0.25, -0.2) is 9.82 Å². The highest BCUT2D eigenvalue weighted by molar-refractivity contribution is 6.30. The molecule has 0 aliphatic heterocycles. The van der Waals surface area contributed by atoms with Gasteiger partial charge in [0, 0.05) is 10.6 Å². The number of hydrogen-bond acceptors (Lipinski definition) is 3. The first-order valence-electron chi connectivity index (χ1n) is 7.24. The Kier molecular flexibility index (Phi) is 6.20. The Bertz CT molecular complexity index is 838. The van der Waals surface area contributed by atoms with Crippen LogP contribution >= 0.6 is 11.6 Å². The van der Waals surface area contributed by atoms with Gasteiger partial charge in [-0.15, -0.1) is 0 Å². The Balaban J connectivity index is 1.90. The molecule has 0 atom stereocenters. The van der Waals surface area contributed by atoms with E-state index in [0.29, 0.717) is 16.8 Å². The van der Waals surface area contributed by atoms with E-state index in [1.54, 1.807) is 25.1 Å². The Morgan fingerprint density at radius 1 is 1.27 bits per heavy atom. The number of aryl methyl sites for hydroxylation is 1. The zero-order valence-corrected chi connectivity index (χ0v) is 14.2. The number of ether oxygens (including phenoxy) is 1. The van der Waals surface area contributed by atoms with E-state index in [2.05, 4.69) is 10.5 Å². The van der Waals surface area contributed by atoms with E-state index >= 15 is 0 Å². The summed E-state index contributed by atoms with van der Waals surface area (Å²) >= 11 is 5.81. The third kappa shape index (κ3) is 5.45. The summed E-state index contributed by atoms with van der Waals surface area (Å²) in [5, 5.41) is 4.03. The molecule has 1 N–H and O–H groups in total. The molecule has 9 heteroatoms. The number of amides is 1. The van der Waals surface area contributed by atoms with Crippen LogP contribution in [0.5, 0.6) is 5.75 Å². The normalized spacial score (nSPS) is 11.6. The van der Waals surface area contributed by atoms with Crippen molar-refractivity contribution < 1.29 is 27.1 Å². The molecule has 0 fully saturated rings. The molecule has 26 heavy (non-hydrogen) atoms. The van der Waals surface area contributed by atoms with Crippen LogP contribution < -0.4 is 10.2 Å². The predicted molar refractivity (Wildman–Crippen MR) is 88.8 cm³/mol. The van der Waals surface area contributed by atoms with Crippen LogP contribution in [0.25, 0.3) is 0 Å². The molecule has 0 radical (unpaired) electrons. The highest BCUT2D eigenvalue weighted by Crippen LogP contribution is 2.29. The highest BCUT2D eigenvalue weighted by Gasteiger charge is 2.31. The summed E-state index contributed by atoms with van der Waals surface area (Å²) in [6.07, 6.45) is -3.73. The van der Waals surface area contributed by atoms with Gasteiger partial charge >= 0.3 is 6.18 Å². The monoisotopic (exact) mass is 388 g/mol. The second-order valence-corrected chi connectivity index (χ2v) is 5.66. The summed E-state index contributed by atoms with van der Waals surface area (Å²) in [4.78, 5) is 11.6. The molecule has 0 aliphatic rings. The van der Waals surface area contributed by atoms with Gasteiger partial charge < -0.3 is 4.74 Å². The fraction of sp³-hybridized carbons (Fsp3) is 0.176. The van der Waals surface area contributed by atoms with Gasteiger partial charge in [-0.2, -0.15) is 18.3 Å². The lowest BCUT2D eigenvalue weighted by atomic mass is 10.1. The van der Waals surface area contributed by atoms with Gasteiger partial charge in [0.05, 0.1) is 11.8 Å². The van der Waals surface area contributed by atoms with Crippen molar-refractivity contribution in [3.63, 3.8) is 0 Å². The molecular formula is C17H13ClF4N2O2. The van der Waals surface area contributed by atoms with Crippen LogP contribution in [0.4, 0.5) is 17.6 Å². The van der Waals surface area contributed by atoms with Crippen molar-refractivity contribution in [3.05, 3.63) is 63.9 Å². The van der Waals surface area contributed by atoms with Crippen molar-refractivity contribution in [2.24, 2.45) is 5.10 Å². The Morgan fingerprint density at radius 2 is 2.00 bits per heavy atom. The molecule has 2 aromatic rings. The second kappa shape index (κ2) is 8.18. The number of alkyl halides is 3. The van der Waals surface area contributed by atoms with Gasteiger partial charge in [-0.3, -0.25) is 4.79 Å². The molecule has 2 aromatic carbocycles. The number of halogens is 5. The van der Waals surface area contributed by atoms with E-state index in [1.807, 2.05) is 0 Å². The maximum atomic E-state index is 13.6. The van der Waals surface area contributed by atoms with Crippen LogP contribution in [0.2, 0.25) is 5.02 Å². The smallest absolute Gasteiger partial charge is 0.416 e. The molecule has 138 valence electrons. The first kappa shape index (κ1) is 19.7. The molecule has 0 aromatic heterocycles. The molecule has 4 nitrogen and oxygen atoms in total. The maximum absolute atomic E-state index is 13.6. The van der Waals surface area contributed by atoms with E-state index in [1.165, 1.54) is 0 Å². The number of carbonyl (C=O) groups is 1. The predicted octanol–water partition coefficient (Wildman–Crippen LogP) is 4.34. The number of nitrogens with one attached hydrogen (secondary N) is 1. The fourth-order valence-corrected chi connectivity index (χ4v) is 2.16. The Labute approximate surface area is 151 Å².